The minimum Gasteiger partial charge on any atom is -0.465 e. The largest absolute Gasteiger partial charge is 0.465 e. The number of aromatic nitrogens is 1. The van der Waals surface area contributed by atoms with Crippen LogP contribution in [-0.2, 0) is 28.8 Å². The fraction of sp³-hybridized carbons (Fsp3) is 0.346. The van der Waals surface area contributed by atoms with Crippen molar-refractivity contribution in [2.24, 2.45) is 0 Å². The number of ether oxygens (including phenoxy) is 4. The summed E-state index contributed by atoms with van der Waals surface area (Å²) in [5.74, 6) is -0.402. The molecule has 2 heterocycles. The fourth-order valence-corrected chi connectivity index (χ4v) is 6.28. The van der Waals surface area contributed by atoms with E-state index in [1.807, 2.05) is 0 Å². The molecule has 3 aromatic rings. The molecular weight excluding hydrogens is 532 g/mol. The van der Waals surface area contributed by atoms with Crippen molar-refractivity contribution in [2.75, 3.05) is 25.6 Å². The number of nitrogens with zero attached hydrogens (tertiary/aromatic N) is 1. The van der Waals surface area contributed by atoms with Crippen LogP contribution in [-0.4, -0.2) is 57.0 Å². The van der Waals surface area contributed by atoms with E-state index >= 15 is 0 Å². The Hall–Kier alpha value is -3.32. The number of anilines is 1. The standard InChI is InChI=1S/C26H26N2O8S2/c1-33-25(30)17-2-6-18(7-3-17)35-22-14-27-26(37-22)28-24(29)23(36-19-12-13-34-15-19)16-4-8-20(9-5-16)38(31,32)21-10-11-21/h2-9,14,19,21,23H,10-13,15H2,1H3,(H,27,28,29). The van der Waals surface area contributed by atoms with Gasteiger partial charge in [-0.05, 0) is 61.2 Å². The molecule has 1 N–H and O–H groups in total. The van der Waals surface area contributed by atoms with Crippen LogP contribution in [0.5, 0.6) is 10.8 Å². The third-order valence-electron chi connectivity index (χ3n) is 6.14. The van der Waals surface area contributed by atoms with Crippen molar-refractivity contribution in [3.05, 3.63) is 65.9 Å². The summed E-state index contributed by atoms with van der Waals surface area (Å²) >= 11 is 1.13. The van der Waals surface area contributed by atoms with Gasteiger partial charge in [0.25, 0.3) is 5.91 Å². The minimum atomic E-state index is -3.34. The van der Waals surface area contributed by atoms with E-state index in [1.165, 1.54) is 25.4 Å². The Morgan fingerprint density at radius 1 is 1.08 bits per heavy atom. The number of methoxy groups -OCH3 is 1. The number of amides is 1. The topological polar surface area (TPSA) is 130 Å². The Morgan fingerprint density at radius 3 is 2.45 bits per heavy atom. The zero-order chi connectivity index (χ0) is 26.7. The number of hydrogen-bond acceptors (Lipinski definition) is 10. The Balaban J connectivity index is 1.28. The van der Waals surface area contributed by atoms with Crippen LogP contribution in [0.3, 0.4) is 0 Å². The number of rotatable bonds is 10. The molecule has 0 spiro atoms. The van der Waals surface area contributed by atoms with Gasteiger partial charge in [0.15, 0.2) is 21.1 Å². The molecule has 2 aromatic carbocycles. The predicted molar refractivity (Wildman–Crippen MR) is 138 cm³/mol. The van der Waals surface area contributed by atoms with Gasteiger partial charge < -0.3 is 18.9 Å². The zero-order valence-corrected chi connectivity index (χ0v) is 22.1. The van der Waals surface area contributed by atoms with E-state index in [1.54, 1.807) is 36.4 Å². The molecule has 1 saturated carbocycles. The second-order valence-electron chi connectivity index (χ2n) is 8.91. The lowest BCUT2D eigenvalue weighted by atomic mass is 10.1. The Morgan fingerprint density at radius 2 is 1.82 bits per heavy atom. The first-order chi connectivity index (χ1) is 18.3. The molecule has 5 rings (SSSR count). The van der Waals surface area contributed by atoms with Gasteiger partial charge in [0.2, 0.25) is 5.06 Å². The third kappa shape index (κ3) is 6.04. The molecule has 1 amide bonds. The number of nitrogens with one attached hydrogen (secondary N) is 1. The molecule has 0 bridgehead atoms. The van der Waals surface area contributed by atoms with Gasteiger partial charge in [-0.1, -0.05) is 23.5 Å². The quantitative estimate of drug-likeness (QED) is 0.365. The smallest absolute Gasteiger partial charge is 0.337 e. The summed E-state index contributed by atoms with van der Waals surface area (Å²) in [7, 11) is -2.03. The fourth-order valence-electron chi connectivity index (χ4n) is 3.94. The summed E-state index contributed by atoms with van der Waals surface area (Å²) in [5.41, 5.74) is 0.928. The number of hydrogen-bond donors (Lipinski definition) is 1. The van der Waals surface area contributed by atoms with Crippen molar-refractivity contribution < 1.29 is 37.0 Å². The molecule has 1 aliphatic heterocycles. The Bertz CT molecular complexity index is 1390. The first-order valence-corrected chi connectivity index (χ1v) is 14.4. The second-order valence-corrected chi connectivity index (χ2v) is 12.1. The molecule has 2 fully saturated rings. The number of carbonyl (C=O) groups is 2. The van der Waals surface area contributed by atoms with Gasteiger partial charge in [0.1, 0.15) is 5.75 Å². The SMILES string of the molecule is COC(=O)c1ccc(Oc2cnc(NC(=O)C(OC3CCOC3)c3ccc(S(=O)(=O)C4CC4)cc3)s2)cc1. The normalized spacial score (nSPS) is 18.1. The van der Waals surface area contributed by atoms with Gasteiger partial charge in [-0.25, -0.2) is 18.2 Å². The summed E-state index contributed by atoms with van der Waals surface area (Å²) in [6.45, 7) is 0.924. The van der Waals surface area contributed by atoms with Crippen molar-refractivity contribution in [3.8, 4) is 10.8 Å². The first kappa shape index (κ1) is 26.3. The van der Waals surface area contributed by atoms with Crippen LogP contribution in [0.25, 0.3) is 0 Å². The molecule has 2 unspecified atom stereocenters. The predicted octanol–water partition coefficient (Wildman–Crippen LogP) is 4.14. The van der Waals surface area contributed by atoms with Gasteiger partial charge in [-0.3, -0.25) is 10.1 Å². The highest BCUT2D eigenvalue weighted by atomic mass is 32.2. The molecule has 2 atom stereocenters. The van der Waals surface area contributed by atoms with Crippen molar-refractivity contribution in [2.45, 2.75) is 41.6 Å². The average molecular weight is 559 g/mol. The first-order valence-electron chi connectivity index (χ1n) is 12.0. The average Bonchev–Trinajstić information content (AvgIpc) is 3.51. The number of thiazole rings is 1. The van der Waals surface area contributed by atoms with Crippen LogP contribution in [0.2, 0.25) is 0 Å². The lowest BCUT2D eigenvalue weighted by Crippen LogP contribution is -2.28. The molecule has 200 valence electrons. The summed E-state index contributed by atoms with van der Waals surface area (Å²) in [6, 6.07) is 12.7. The Labute approximate surface area is 223 Å². The maximum atomic E-state index is 13.3. The van der Waals surface area contributed by atoms with E-state index in [2.05, 4.69) is 15.0 Å². The maximum absolute atomic E-state index is 13.3. The zero-order valence-electron chi connectivity index (χ0n) is 20.5. The summed E-state index contributed by atoms with van der Waals surface area (Å²) in [5, 5.41) is 3.19. The molecule has 1 aliphatic carbocycles. The number of sulfone groups is 1. The molecule has 10 nitrogen and oxygen atoms in total. The maximum Gasteiger partial charge on any atom is 0.337 e. The van der Waals surface area contributed by atoms with Crippen molar-refractivity contribution in [3.63, 3.8) is 0 Å². The van der Waals surface area contributed by atoms with Gasteiger partial charge in [-0.15, -0.1) is 0 Å². The van der Waals surface area contributed by atoms with Gasteiger partial charge in [0.05, 0.1) is 41.7 Å². The molecule has 1 saturated heterocycles. The van der Waals surface area contributed by atoms with Crippen LogP contribution in [0.4, 0.5) is 5.13 Å². The second kappa shape index (κ2) is 11.2. The highest BCUT2D eigenvalue weighted by Crippen LogP contribution is 2.35. The number of esters is 1. The lowest BCUT2D eigenvalue weighted by molar-refractivity contribution is -0.131. The minimum absolute atomic E-state index is 0.244. The van der Waals surface area contributed by atoms with Crippen molar-refractivity contribution in [1.82, 2.24) is 4.98 Å². The summed E-state index contributed by atoms with van der Waals surface area (Å²) in [6.07, 6.45) is 2.24. The van der Waals surface area contributed by atoms with Crippen molar-refractivity contribution in [1.29, 1.82) is 0 Å². The monoisotopic (exact) mass is 558 g/mol. The third-order valence-corrected chi connectivity index (χ3v) is 9.21. The highest BCUT2D eigenvalue weighted by Gasteiger charge is 2.37. The molecular formula is C26H26N2O8S2. The molecule has 0 radical (unpaired) electrons. The van der Waals surface area contributed by atoms with Crippen LogP contribution in [0.15, 0.2) is 59.6 Å². The van der Waals surface area contributed by atoms with Crippen molar-refractivity contribution >= 4 is 38.2 Å². The molecule has 38 heavy (non-hydrogen) atoms. The molecule has 12 heteroatoms. The van der Waals surface area contributed by atoms with Crippen LogP contribution in [0, 0.1) is 0 Å². The van der Waals surface area contributed by atoms with E-state index in [-0.39, 0.29) is 16.2 Å². The van der Waals surface area contributed by atoms with E-state index in [4.69, 9.17) is 14.2 Å². The van der Waals surface area contributed by atoms with Crippen LogP contribution < -0.4 is 10.1 Å². The van der Waals surface area contributed by atoms with E-state index < -0.39 is 27.8 Å². The Kier molecular flexibility index (Phi) is 7.75. The van der Waals surface area contributed by atoms with Gasteiger partial charge in [0, 0.05) is 6.61 Å². The van der Waals surface area contributed by atoms with Gasteiger partial charge in [-0.2, -0.15) is 0 Å². The molecule has 2 aliphatic rings. The van der Waals surface area contributed by atoms with E-state index in [0.29, 0.717) is 59.5 Å². The van der Waals surface area contributed by atoms with E-state index in [9.17, 15) is 18.0 Å². The van der Waals surface area contributed by atoms with Crippen LogP contribution >= 0.6 is 11.3 Å². The molecule has 1 aromatic heterocycles. The van der Waals surface area contributed by atoms with E-state index in [0.717, 1.165) is 11.3 Å². The highest BCUT2D eigenvalue weighted by molar-refractivity contribution is 7.92. The number of benzene rings is 2. The lowest BCUT2D eigenvalue weighted by Gasteiger charge is -2.21. The summed E-state index contributed by atoms with van der Waals surface area (Å²) in [4.78, 5) is 29.3. The van der Waals surface area contributed by atoms with Gasteiger partial charge >= 0.3 is 5.97 Å². The van der Waals surface area contributed by atoms with Crippen LogP contribution in [0.1, 0.15) is 41.3 Å². The summed E-state index contributed by atoms with van der Waals surface area (Å²) < 4.78 is 47.0. The number of carbonyl (C=O) groups excluding carboxylic acids is 2.